The van der Waals surface area contributed by atoms with Gasteiger partial charge in [-0.15, -0.1) is 0 Å². The van der Waals surface area contributed by atoms with Crippen molar-refractivity contribution < 1.29 is 0 Å². The predicted molar refractivity (Wildman–Crippen MR) is 136 cm³/mol. The van der Waals surface area contributed by atoms with E-state index in [4.69, 9.17) is 0 Å². The minimum absolute atomic E-state index is 0.543. The summed E-state index contributed by atoms with van der Waals surface area (Å²) in [5, 5.41) is 0.970. The average molecular weight is 432 g/mol. The van der Waals surface area contributed by atoms with Gasteiger partial charge in [0, 0.05) is 6.42 Å². The van der Waals surface area contributed by atoms with Crippen molar-refractivity contribution in [2.75, 3.05) is 12.5 Å². The number of hydrogen-bond donors (Lipinski definition) is 0. The van der Waals surface area contributed by atoms with E-state index in [1.807, 2.05) is 5.57 Å². The van der Waals surface area contributed by atoms with Crippen LogP contribution in [0, 0.1) is 46.3 Å². The Balaban J connectivity index is 1.48. The third kappa shape index (κ3) is 3.97. The van der Waals surface area contributed by atoms with Gasteiger partial charge < -0.3 is 0 Å². The van der Waals surface area contributed by atoms with Crippen LogP contribution in [0.15, 0.2) is 11.6 Å². The summed E-state index contributed by atoms with van der Waals surface area (Å²) < 4.78 is 0. The van der Waals surface area contributed by atoms with Crippen LogP contribution in [0.25, 0.3) is 0 Å². The molecule has 172 valence electrons. The second-order valence-electron chi connectivity index (χ2n) is 13.0. The molecular weight excluding hydrogens is 380 g/mol. The Bertz CT molecular complexity index is 632. The highest BCUT2D eigenvalue weighted by atomic mass is 32.2. The molecule has 0 aliphatic heterocycles. The zero-order valence-corrected chi connectivity index (χ0v) is 22.1. The highest BCUT2D eigenvalue weighted by Gasteiger charge is 2.59. The number of rotatable bonds is 6. The molecule has 0 aromatic carbocycles. The van der Waals surface area contributed by atoms with E-state index in [1.54, 1.807) is 0 Å². The number of allylic oxidation sites excluding steroid dienone is 2. The lowest BCUT2D eigenvalue weighted by atomic mass is 9.47. The van der Waals surface area contributed by atoms with Crippen molar-refractivity contribution in [2.24, 2.45) is 46.3 Å². The van der Waals surface area contributed by atoms with Gasteiger partial charge in [0.1, 0.15) is 5.25 Å². The van der Waals surface area contributed by atoms with Crippen molar-refractivity contribution >= 4 is 10.9 Å². The summed E-state index contributed by atoms with van der Waals surface area (Å²) in [7, 11) is 0.587. The summed E-state index contributed by atoms with van der Waals surface area (Å²) in [6.45, 7) is 12.8. The van der Waals surface area contributed by atoms with E-state index in [0.717, 1.165) is 40.8 Å². The Kier molecular flexibility index (Phi) is 6.82. The predicted octanol–water partition coefficient (Wildman–Crippen LogP) is 8.27. The highest BCUT2D eigenvalue weighted by molar-refractivity contribution is 7.96. The molecule has 3 fully saturated rings. The zero-order valence-electron chi connectivity index (χ0n) is 21.3. The van der Waals surface area contributed by atoms with Crippen molar-refractivity contribution in [3.63, 3.8) is 0 Å². The molecule has 30 heavy (non-hydrogen) atoms. The first-order valence-corrected chi connectivity index (χ1v) is 15.5. The van der Waals surface area contributed by atoms with Gasteiger partial charge in [0.25, 0.3) is 0 Å². The Morgan fingerprint density at radius 2 is 1.73 bits per heavy atom. The monoisotopic (exact) mass is 431 g/mol. The third-order valence-electron chi connectivity index (χ3n) is 10.9. The molecule has 0 saturated heterocycles. The van der Waals surface area contributed by atoms with Crippen LogP contribution in [0.3, 0.4) is 0 Å². The van der Waals surface area contributed by atoms with Gasteiger partial charge in [-0.05, 0) is 102 Å². The van der Waals surface area contributed by atoms with E-state index in [0.29, 0.717) is 21.7 Å². The van der Waals surface area contributed by atoms with Gasteiger partial charge >= 0.3 is 0 Å². The van der Waals surface area contributed by atoms with Gasteiger partial charge in [0.15, 0.2) is 0 Å². The lowest BCUT2D eigenvalue weighted by molar-refractivity contribution is -0.0497. The van der Waals surface area contributed by atoms with E-state index < -0.39 is 0 Å². The summed E-state index contributed by atoms with van der Waals surface area (Å²) in [5.74, 6) is 5.78. The van der Waals surface area contributed by atoms with Crippen molar-refractivity contribution in [3.05, 3.63) is 11.6 Å². The van der Waals surface area contributed by atoms with Gasteiger partial charge in [-0.2, -0.15) is 0 Å². The summed E-state index contributed by atoms with van der Waals surface area (Å²) >= 11 is 0. The summed E-state index contributed by atoms with van der Waals surface area (Å²) in [4.78, 5) is 0. The molecule has 0 aromatic heterocycles. The van der Waals surface area contributed by atoms with E-state index in [1.165, 1.54) is 70.6 Å². The summed E-state index contributed by atoms with van der Waals surface area (Å²) in [5.41, 5.74) is 3.07. The van der Waals surface area contributed by atoms with Crippen LogP contribution >= 0.6 is 0 Å². The Morgan fingerprint density at radius 1 is 0.967 bits per heavy atom. The molecule has 0 nitrogen and oxygen atoms in total. The number of fused-ring (bicyclic) bond motifs is 5. The Hall–Kier alpha value is 0.0900. The van der Waals surface area contributed by atoms with Crippen molar-refractivity contribution in [3.8, 4) is 0 Å². The molecule has 0 spiro atoms. The Labute approximate surface area is 191 Å². The van der Waals surface area contributed by atoms with Gasteiger partial charge in [-0.1, -0.05) is 65.5 Å². The largest absolute Gasteiger partial charge is 0.121 e. The molecule has 4 aliphatic rings. The SMILES string of the molecule is CC(C)CCC[C@@H](C)[C@H]1CC[C@H]2[C@@H]3CC=C4C[C@@H]([S+](C)C)CC[C@]4(C)[C@H]3CC[C@]12C. The van der Waals surface area contributed by atoms with Crippen molar-refractivity contribution in [2.45, 2.75) is 110 Å². The third-order valence-corrected chi connectivity index (χ3v) is 12.7. The van der Waals surface area contributed by atoms with Gasteiger partial charge in [-0.3, -0.25) is 0 Å². The molecule has 0 radical (unpaired) electrons. The lowest BCUT2D eigenvalue weighted by Crippen LogP contribution is -2.51. The van der Waals surface area contributed by atoms with Gasteiger partial charge in [0.05, 0.1) is 12.5 Å². The second-order valence-corrected chi connectivity index (χ2v) is 15.5. The average Bonchev–Trinajstić information content (AvgIpc) is 3.04. The maximum absolute atomic E-state index is 2.78. The molecule has 0 N–H and O–H groups in total. The van der Waals surface area contributed by atoms with Crippen LogP contribution in [0.2, 0.25) is 0 Å². The van der Waals surface area contributed by atoms with Crippen molar-refractivity contribution in [1.82, 2.24) is 0 Å². The molecule has 0 heterocycles. The molecule has 0 aromatic rings. The normalized spacial score (nSPS) is 44.4. The fraction of sp³-hybridized carbons (Fsp3) is 0.931. The van der Waals surface area contributed by atoms with Gasteiger partial charge in [-0.25, -0.2) is 0 Å². The molecule has 0 unspecified atom stereocenters. The van der Waals surface area contributed by atoms with Crippen LogP contribution in [0.5, 0.6) is 0 Å². The van der Waals surface area contributed by atoms with Crippen LogP contribution < -0.4 is 0 Å². The smallest absolute Gasteiger partial charge is 0.0843 e. The minimum atomic E-state index is 0.543. The molecule has 3 saturated carbocycles. The first kappa shape index (κ1) is 23.3. The standard InChI is InChI=1S/C29H51S/c1-20(2)9-8-10-21(3)25-13-14-26-24-12-11-22-19-23(30(6)7)15-17-28(22,4)27(24)16-18-29(25,26)5/h11,20-21,23-27H,8-10,12-19H2,1-7H3/q+1/t21-,23+,24+,25-,26+,27+,28+,29-/m1/s1. The van der Waals surface area contributed by atoms with Crippen LogP contribution in [-0.2, 0) is 10.9 Å². The first-order valence-electron chi connectivity index (χ1n) is 13.4. The van der Waals surface area contributed by atoms with E-state index in [2.05, 4.69) is 53.2 Å². The molecule has 1 heteroatoms. The lowest BCUT2D eigenvalue weighted by Gasteiger charge is -2.58. The highest BCUT2D eigenvalue weighted by Crippen LogP contribution is 2.67. The maximum Gasteiger partial charge on any atom is 0.121 e. The van der Waals surface area contributed by atoms with Crippen LogP contribution in [-0.4, -0.2) is 17.8 Å². The van der Waals surface area contributed by atoms with Crippen LogP contribution in [0.4, 0.5) is 0 Å². The second kappa shape index (κ2) is 8.79. The quantitative estimate of drug-likeness (QED) is 0.293. The first-order chi connectivity index (χ1) is 14.2. The van der Waals surface area contributed by atoms with E-state index >= 15 is 0 Å². The fourth-order valence-electron chi connectivity index (χ4n) is 9.05. The zero-order chi connectivity index (χ0) is 21.7. The molecule has 4 rings (SSSR count). The van der Waals surface area contributed by atoms with Gasteiger partial charge in [0.2, 0.25) is 0 Å². The van der Waals surface area contributed by atoms with E-state index in [-0.39, 0.29) is 0 Å². The Morgan fingerprint density at radius 3 is 2.43 bits per heavy atom. The van der Waals surface area contributed by atoms with Crippen LogP contribution in [0.1, 0.15) is 105 Å². The maximum atomic E-state index is 2.78. The molecule has 8 atom stereocenters. The van der Waals surface area contributed by atoms with Crippen molar-refractivity contribution in [1.29, 1.82) is 0 Å². The molecule has 0 amide bonds. The topological polar surface area (TPSA) is 0 Å². The molecule has 0 bridgehead atoms. The number of hydrogen-bond acceptors (Lipinski definition) is 0. The summed E-state index contributed by atoms with van der Waals surface area (Å²) in [6, 6.07) is 0. The van der Waals surface area contributed by atoms with E-state index in [9.17, 15) is 0 Å². The fourth-order valence-corrected chi connectivity index (χ4v) is 10.2. The minimum Gasteiger partial charge on any atom is -0.0843 e. The molecule has 4 aliphatic carbocycles. The molecular formula is C29H51S+. The summed E-state index contributed by atoms with van der Waals surface area (Å²) in [6.07, 6.45) is 24.0.